The summed E-state index contributed by atoms with van der Waals surface area (Å²) in [6, 6.07) is 22.3. The number of amidine groups is 2. The van der Waals surface area contributed by atoms with E-state index in [-0.39, 0.29) is 11.7 Å². The monoisotopic (exact) mass is 438 g/mol. The molecule has 6 heteroatoms. The van der Waals surface area contributed by atoms with Gasteiger partial charge in [-0.15, -0.1) is 0 Å². The largest absolute Gasteiger partial charge is 0.344 e. The van der Waals surface area contributed by atoms with Crippen LogP contribution in [0.2, 0.25) is 0 Å². The van der Waals surface area contributed by atoms with Crippen LogP contribution in [0.3, 0.4) is 0 Å². The van der Waals surface area contributed by atoms with Gasteiger partial charge in [-0.25, -0.2) is 0 Å². The van der Waals surface area contributed by atoms with Gasteiger partial charge in [0.1, 0.15) is 5.84 Å². The molecule has 1 N–H and O–H groups in total. The molecule has 0 aliphatic carbocycles. The predicted octanol–water partition coefficient (Wildman–Crippen LogP) is 5.46. The van der Waals surface area contributed by atoms with E-state index in [1.807, 2.05) is 53.9 Å². The lowest BCUT2D eigenvalue weighted by atomic mass is 10.1. The fourth-order valence-corrected chi connectivity index (χ4v) is 4.94. The molecule has 5 rings (SSSR count). The first kappa shape index (κ1) is 20.3. The number of hydrogen-bond acceptors (Lipinski definition) is 3. The molecule has 0 bridgehead atoms. The molecule has 1 aromatic heterocycles. The van der Waals surface area contributed by atoms with Crippen LogP contribution in [-0.4, -0.2) is 26.4 Å². The standard InChI is InChI=1S/C26H22N4OS/c1-17-13-21(18(2)29(17)15-19-9-5-3-6-10-19)14-22-24(27)30-23(20-11-7-4-8-12-20)16-32-26(30)28-25(22)31/h3-14,16,27H,15H2,1-2H3. The number of benzene rings is 2. The molecule has 0 saturated heterocycles. The lowest BCUT2D eigenvalue weighted by Gasteiger charge is -2.26. The van der Waals surface area contributed by atoms with Crippen molar-refractivity contribution in [2.75, 3.05) is 0 Å². The molecule has 0 saturated carbocycles. The SMILES string of the molecule is Cc1cc(C=C2C(=N)N3C(c4ccccc4)=CSC3=NC2=O)c(C)n1Cc1ccccc1. The highest BCUT2D eigenvalue weighted by molar-refractivity contribution is 8.17. The summed E-state index contributed by atoms with van der Waals surface area (Å²) in [5, 5.41) is 11.3. The zero-order valence-electron chi connectivity index (χ0n) is 17.9. The summed E-state index contributed by atoms with van der Waals surface area (Å²) in [7, 11) is 0. The Morgan fingerprint density at radius 2 is 1.72 bits per heavy atom. The Labute approximate surface area is 191 Å². The number of aromatic nitrogens is 1. The molecule has 0 unspecified atom stereocenters. The molecule has 1 amide bonds. The first-order valence-electron chi connectivity index (χ1n) is 10.4. The lowest BCUT2D eigenvalue weighted by molar-refractivity contribution is -0.114. The van der Waals surface area contributed by atoms with Gasteiger partial charge in [0.05, 0.1) is 11.3 Å². The smallest absolute Gasteiger partial charge is 0.283 e. The highest BCUT2D eigenvalue weighted by Crippen LogP contribution is 2.37. The molecule has 2 aliphatic rings. The number of fused-ring (bicyclic) bond motifs is 1. The maximum atomic E-state index is 12.8. The van der Waals surface area contributed by atoms with E-state index in [1.165, 1.54) is 17.3 Å². The minimum absolute atomic E-state index is 0.160. The zero-order valence-corrected chi connectivity index (χ0v) is 18.7. The number of amides is 1. The van der Waals surface area contributed by atoms with E-state index in [9.17, 15) is 4.79 Å². The van der Waals surface area contributed by atoms with Crippen molar-refractivity contribution in [2.45, 2.75) is 20.4 Å². The number of nitrogens with zero attached hydrogens (tertiary/aromatic N) is 3. The van der Waals surface area contributed by atoms with Crippen molar-refractivity contribution in [3.05, 3.63) is 106 Å². The summed E-state index contributed by atoms with van der Waals surface area (Å²) in [5.41, 5.74) is 6.48. The molecule has 3 aromatic rings. The number of carbonyl (C=O) groups excluding carboxylic acids is 1. The van der Waals surface area contributed by atoms with Gasteiger partial charge in [0.25, 0.3) is 5.91 Å². The van der Waals surface area contributed by atoms with Crippen LogP contribution in [0.25, 0.3) is 11.8 Å². The second kappa shape index (κ2) is 8.13. The van der Waals surface area contributed by atoms with Crippen molar-refractivity contribution in [2.24, 2.45) is 4.99 Å². The molecule has 2 aliphatic heterocycles. The maximum absolute atomic E-state index is 12.8. The van der Waals surface area contributed by atoms with Crippen LogP contribution in [0.1, 0.15) is 28.1 Å². The Morgan fingerprint density at radius 3 is 2.44 bits per heavy atom. The molecule has 32 heavy (non-hydrogen) atoms. The third kappa shape index (κ3) is 3.52. The van der Waals surface area contributed by atoms with Crippen molar-refractivity contribution < 1.29 is 4.79 Å². The quantitative estimate of drug-likeness (QED) is 0.551. The first-order chi connectivity index (χ1) is 15.5. The van der Waals surface area contributed by atoms with E-state index in [4.69, 9.17) is 5.41 Å². The Balaban J connectivity index is 1.50. The van der Waals surface area contributed by atoms with Gasteiger partial charge in [-0.2, -0.15) is 4.99 Å². The predicted molar refractivity (Wildman–Crippen MR) is 131 cm³/mol. The number of aryl methyl sites for hydroxylation is 1. The molecule has 5 nitrogen and oxygen atoms in total. The van der Waals surface area contributed by atoms with E-state index in [2.05, 4.69) is 41.6 Å². The van der Waals surface area contributed by atoms with Gasteiger partial charge in [-0.1, -0.05) is 72.4 Å². The van der Waals surface area contributed by atoms with Crippen molar-refractivity contribution in [1.29, 1.82) is 5.41 Å². The summed E-state index contributed by atoms with van der Waals surface area (Å²) in [5.74, 6) is -0.211. The maximum Gasteiger partial charge on any atom is 0.283 e. The van der Waals surface area contributed by atoms with Crippen LogP contribution in [0.4, 0.5) is 0 Å². The average molecular weight is 439 g/mol. The summed E-state index contributed by atoms with van der Waals surface area (Å²) in [4.78, 5) is 18.9. The molecule has 158 valence electrons. The summed E-state index contributed by atoms with van der Waals surface area (Å²) < 4.78 is 2.23. The van der Waals surface area contributed by atoms with E-state index in [0.717, 1.165) is 34.8 Å². The van der Waals surface area contributed by atoms with Gasteiger partial charge < -0.3 is 4.57 Å². The van der Waals surface area contributed by atoms with Gasteiger partial charge in [0, 0.05) is 23.3 Å². The summed E-state index contributed by atoms with van der Waals surface area (Å²) in [6.45, 7) is 4.88. The molecule has 0 radical (unpaired) electrons. The number of rotatable bonds is 4. The molecular weight excluding hydrogens is 416 g/mol. The van der Waals surface area contributed by atoms with Crippen molar-refractivity contribution >= 4 is 40.4 Å². The van der Waals surface area contributed by atoms with Crippen LogP contribution in [0.15, 0.2) is 82.7 Å². The molecule has 0 spiro atoms. The van der Waals surface area contributed by atoms with E-state index in [1.54, 1.807) is 11.0 Å². The van der Waals surface area contributed by atoms with Crippen LogP contribution in [0, 0.1) is 19.3 Å². The summed E-state index contributed by atoms with van der Waals surface area (Å²) in [6.07, 6.45) is 1.81. The van der Waals surface area contributed by atoms with Gasteiger partial charge in [0.2, 0.25) is 0 Å². The second-order valence-electron chi connectivity index (χ2n) is 7.83. The van der Waals surface area contributed by atoms with Crippen LogP contribution in [-0.2, 0) is 11.3 Å². The molecular formula is C26H22N4OS. The fraction of sp³-hybridized carbons (Fsp3) is 0.115. The van der Waals surface area contributed by atoms with Crippen LogP contribution < -0.4 is 0 Å². The lowest BCUT2D eigenvalue weighted by Crippen LogP contribution is -2.38. The number of aliphatic imine (C=N–C) groups is 1. The third-order valence-corrected chi connectivity index (χ3v) is 6.61. The third-order valence-electron chi connectivity index (χ3n) is 5.78. The Hall–Kier alpha value is -3.64. The summed E-state index contributed by atoms with van der Waals surface area (Å²) >= 11 is 1.38. The van der Waals surface area contributed by atoms with Crippen LogP contribution in [0.5, 0.6) is 0 Å². The number of hydrogen-bond donors (Lipinski definition) is 1. The normalized spacial score (nSPS) is 16.9. The van der Waals surface area contributed by atoms with Crippen molar-refractivity contribution in [3.8, 4) is 0 Å². The Bertz CT molecular complexity index is 1320. The van der Waals surface area contributed by atoms with Gasteiger partial charge >= 0.3 is 0 Å². The minimum atomic E-state index is -0.371. The topological polar surface area (TPSA) is 61.5 Å². The molecule has 2 aromatic carbocycles. The molecule has 0 fully saturated rings. The van der Waals surface area contributed by atoms with Gasteiger partial charge in [-0.3, -0.25) is 15.1 Å². The molecule has 0 atom stereocenters. The zero-order chi connectivity index (χ0) is 22.2. The number of nitrogens with one attached hydrogen (secondary N) is 1. The van der Waals surface area contributed by atoms with Crippen molar-refractivity contribution in [3.63, 3.8) is 0 Å². The Morgan fingerprint density at radius 1 is 1.03 bits per heavy atom. The van der Waals surface area contributed by atoms with E-state index < -0.39 is 0 Å². The average Bonchev–Trinajstić information content (AvgIpc) is 3.34. The first-order valence-corrected chi connectivity index (χ1v) is 11.3. The molecule has 3 heterocycles. The van der Waals surface area contributed by atoms with Crippen LogP contribution >= 0.6 is 11.8 Å². The second-order valence-corrected chi connectivity index (χ2v) is 8.66. The van der Waals surface area contributed by atoms with Gasteiger partial charge in [0.15, 0.2) is 5.17 Å². The number of carbonyl (C=O) groups is 1. The van der Waals surface area contributed by atoms with Crippen molar-refractivity contribution in [1.82, 2.24) is 9.47 Å². The number of thioether (sulfide) groups is 1. The fourth-order valence-electron chi connectivity index (χ4n) is 4.05. The van der Waals surface area contributed by atoms with Gasteiger partial charge in [-0.05, 0) is 42.7 Å². The highest BCUT2D eigenvalue weighted by atomic mass is 32.2. The Kier molecular flexibility index (Phi) is 5.15. The van der Waals surface area contributed by atoms with E-state index in [0.29, 0.717) is 10.7 Å². The van der Waals surface area contributed by atoms with E-state index >= 15 is 0 Å². The highest BCUT2D eigenvalue weighted by Gasteiger charge is 2.36. The minimum Gasteiger partial charge on any atom is -0.344 e.